The van der Waals surface area contributed by atoms with Gasteiger partial charge in [0.05, 0.1) is 30.9 Å². The summed E-state index contributed by atoms with van der Waals surface area (Å²) >= 11 is 0. The lowest BCUT2D eigenvalue weighted by molar-refractivity contribution is -0.386. The molecule has 35 heavy (non-hydrogen) atoms. The first-order valence-corrected chi connectivity index (χ1v) is 10.3. The van der Waals surface area contributed by atoms with E-state index in [1.807, 2.05) is 0 Å². The van der Waals surface area contributed by atoms with Gasteiger partial charge in [-0.3, -0.25) is 19.6 Å². The molecule has 0 fully saturated rings. The molecular weight excluding hydrogens is 458 g/mol. The number of aryl methyl sites for hydroxylation is 1. The van der Waals surface area contributed by atoms with E-state index in [1.54, 1.807) is 36.4 Å². The molecule has 0 radical (unpaired) electrons. The topological polar surface area (TPSA) is 147 Å². The van der Waals surface area contributed by atoms with Crippen molar-refractivity contribution in [1.82, 2.24) is 15.2 Å². The molecule has 0 saturated carbocycles. The van der Waals surface area contributed by atoms with Gasteiger partial charge in [-0.1, -0.05) is 6.07 Å². The lowest BCUT2D eigenvalue weighted by atomic mass is 10.2. The van der Waals surface area contributed by atoms with Crippen molar-refractivity contribution in [3.63, 3.8) is 0 Å². The van der Waals surface area contributed by atoms with Gasteiger partial charge in [-0.05, 0) is 55.8 Å². The molecule has 1 amide bonds. The summed E-state index contributed by atoms with van der Waals surface area (Å²) in [6.45, 7) is 2.78. The number of hydrogen-bond donors (Lipinski definition) is 1. The standard InChI is InChI=1S/C23H23N5O7/c1-14-22(28(31)32)15(2)27(26-14)13-21(29)25-24-12-16-8-9-19(20(10-16)34-4)35-23(30)17-6-5-7-18(11-17)33-3/h5-12H,13H2,1-4H3,(H,25,29)/b24-12+. The molecule has 0 aliphatic heterocycles. The number of aromatic nitrogens is 2. The average Bonchev–Trinajstić information content (AvgIpc) is 3.12. The number of esters is 1. The zero-order chi connectivity index (χ0) is 25.5. The first-order valence-electron chi connectivity index (χ1n) is 10.3. The number of carbonyl (C=O) groups excluding carboxylic acids is 2. The second-order valence-corrected chi connectivity index (χ2v) is 7.26. The molecule has 0 aliphatic carbocycles. The Morgan fingerprint density at radius 3 is 2.57 bits per heavy atom. The molecular formula is C23H23N5O7. The Morgan fingerprint density at radius 2 is 1.91 bits per heavy atom. The van der Waals surface area contributed by atoms with Gasteiger partial charge in [0, 0.05) is 0 Å². The number of nitrogens with one attached hydrogen (secondary N) is 1. The number of ether oxygens (including phenoxy) is 3. The third kappa shape index (κ3) is 5.99. The van der Waals surface area contributed by atoms with E-state index in [0.717, 1.165) is 0 Å². The van der Waals surface area contributed by atoms with Crippen molar-refractivity contribution in [2.45, 2.75) is 20.4 Å². The molecule has 1 aromatic heterocycles. The highest BCUT2D eigenvalue weighted by Gasteiger charge is 2.22. The van der Waals surface area contributed by atoms with E-state index in [1.165, 1.54) is 45.0 Å². The van der Waals surface area contributed by atoms with Gasteiger partial charge >= 0.3 is 11.7 Å². The SMILES string of the molecule is COc1cccc(C(=O)Oc2ccc(/C=N/NC(=O)Cn3nc(C)c([N+](=O)[O-])c3C)cc2OC)c1. The van der Waals surface area contributed by atoms with Crippen LogP contribution in [0.25, 0.3) is 0 Å². The predicted molar refractivity (Wildman–Crippen MR) is 125 cm³/mol. The summed E-state index contributed by atoms with van der Waals surface area (Å²) in [5.41, 5.74) is 3.59. The summed E-state index contributed by atoms with van der Waals surface area (Å²) in [6.07, 6.45) is 1.37. The van der Waals surface area contributed by atoms with E-state index < -0.39 is 16.8 Å². The minimum absolute atomic E-state index is 0.124. The van der Waals surface area contributed by atoms with Gasteiger partial charge in [-0.25, -0.2) is 10.2 Å². The second kappa shape index (κ2) is 10.9. The van der Waals surface area contributed by atoms with Crippen molar-refractivity contribution >= 4 is 23.8 Å². The molecule has 3 aromatic rings. The normalized spacial score (nSPS) is 10.7. The van der Waals surface area contributed by atoms with Crippen molar-refractivity contribution in [2.24, 2.45) is 5.10 Å². The van der Waals surface area contributed by atoms with E-state index in [-0.39, 0.29) is 35.1 Å². The van der Waals surface area contributed by atoms with Crippen molar-refractivity contribution in [3.8, 4) is 17.2 Å². The largest absolute Gasteiger partial charge is 0.497 e. The van der Waals surface area contributed by atoms with Gasteiger partial charge in [0.15, 0.2) is 11.5 Å². The number of rotatable bonds is 9. The summed E-state index contributed by atoms with van der Waals surface area (Å²) in [7, 11) is 2.93. The Labute approximate surface area is 200 Å². The van der Waals surface area contributed by atoms with Crippen LogP contribution in [0.4, 0.5) is 5.69 Å². The molecule has 0 spiro atoms. The van der Waals surface area contributed by atoms with Crippen molar-refractivity contribution in [2.75, 3.05) is 14.2 Å². The summed E-state index contributed by atoms with van der Waals surface area (Å²) in [5, 5.41) is 19.0. The van der Waals surface area contributed by atoms with E-state index in [4.69, 9.17) is 14.2 Å². The summed E-state index contributed by atoms with van der Waals surface area (Å²) < 4.78 is 17.1. The monoisotopic (exact) mass is 481 g/mol. The van der Waals surface area contributed by atoms with Crippen LogP contribution in [0.5, 0.6) is 17.2 Å². The lowest BCUT2D eigenvalue weighted by Gasteiger charge is -2.10. The first-order chi connectivity index (χ1) is 16.7. The van der Waals surface area contributed by atoms with E-state index in [2.05, 4.69) is 15.6 Å². The number of hydrazone groups is 1. The molecule has 0 unspecified atom stereocenters. The number of carbonyl (C=O) groups is 2. The number of methoxy groups -OCH3 is 2. The summed E-state index contributed by atoms with van der Waals surface area (Å²) in [6, 6.07) is 11.3. The van der Waals surface area contributed by atoms with Crippen LogP contribution in [0.3, 0.4) is 0 Å². The van der Waals surface area contributed by atoms with E-state index >= 15 is 0 Å². The van der Waals surface area contributed by atoms with Crippen molar-refractivity contribution in [1.29, 1.82) is 0 Å². The quantitative estimate of drug-likeness (QED) is 0.161. The lowest BCUT2D eigenvalue weighted by Crippen LogP contribution is -2.24. The second-order valence-electron chi connectivity index (χ2n) is 7.26. The van der Waals surface area contributed by atoms with Crippen molar-refractivity contribution in [3.05, 3.63) is 75.1 Å². The molecule has 1 heterocycles. The van der Waals surface area contributed by atoms with Crippen LogP contribution in [0, 0.1) is 24.0 Å². The summed E-state index contributed by atoms with van der Waals surface area (Å²) in [5.74, 6) is -0.0898. The third-order valence-electron chi connectivity index (χ3n) is 4.92. The number of benzene rings is 2. The van der Waals surface area contributed by atoms with Gasteiger partial charge in [0.2, 0.25) is 0 Å². The van der Waals surface area contributed by atoms with E-state index in [0.29, 0.717) is 16.9 Å². The zero-order valence-electron chi connectivity index (χ0n) is 19.5. The van der Waals surface area contributed by atoms with Crippen LogP contribution in [0.1, 0.15) is 27.3 Å². The van der Waals surface area contributed by atoms with Crippen LogP contribution in [-0.4, -0.2) is 47.0 Å². The van der Waals surface area contributed by atoms with Crippen LogP contribution in [-0.2, 0) is 11.3 Å². The molecule has 1 N–H and O–H groups in total. The van der Waals surface area contributed by atoms with Gasteiger partial charge in [0.1, 0.15) is 23.7 Å². The molecule has 3 rings (SSSR count). The maximum atomic E-state index is 12.5. The highest BCUT2D eigenvalue weighted by Crippen LogP contribution is 2.29. The highest BCUT2D eigenvalue weighted by molar-refractivity contribution is 5.92. The van der Waals surface area contributed by atoms with Crippen LogP contribution in [0.2, 0.25) is 0 Å². The number of nitro groups is 1. The van der Waals surface area contributed by atoms with Crippen LogP contribution in [0.15, 0.2) is 47.6 Å². The average molecular weight is 481 g/mol. The van der Waals surface area contributed by atoms with Crippen LogP contribution >= 0.6 is 0 Å². The highest BCUT2D eigenvalue weighted by atomic mass is 16.6. The summed E-state index contributed by atoms with van der Waals surface area (Å²) in [4.78, 5) is 35.2. The van der Waals surface area contributed by atoms with Crippen LogP contribution < -0.4 is 19.6 Å². The fraction of sp³-hybridized carbons (Fsp3) is 0.217. The molecule has 12 heteroatoms. The smallest absolute Gasteiger partial charge is 0.343 e. The molecule has 0 bridgehead atoms. The molecule has 0 saturated heterocycles. The predicted octanol–water partition coefficient (Wildman–Crippen LogP) is 2.79. The van der Waals surface area contributed by atoms with E-state index in [9.17, 15) is 19.7 Å². The maximum Gasteiger partial charge on any atom is 0.343 e. The fourth-order valence-corrected chi connectivity index (χ4v) is 3.21. The molecule has 12 nitrogen and oxygen atoms in total. The Kier molecular flexibility index (Phi) is 7.77. The Morgan fingerprint density at radius 1 is 1.14 bits per heavy atom. The molecule has 0 aliphatic rings. The Hall–Kier alpha value is -4.74. The Bertz CT molecular complexity index is 1300. The van der Waals surface area contributed by atoms with Gasteiger partial charge in [-0.15, -0.1) is 0 Å². The maximum absolute atomic E-state index is 12.5. The molecule has 182 valence electrons. The van der Waals surface area contributed by atoms with Crippen molar-refractivity contribution < 1.29 is 28.7 Å². The van der Waals surface area contributed by atoms with Gasteiger partial charge < -0.3 is 14.2 Å². The first kappa shape index (κ1) is 24.9. The zero-order valence-corrected chi connectivity index (χ0v) is 19.5. The number of amides is 1. The Balaban J connectivity index is 1.64. The molecule has 0 atom stereocenters. The number of nitrogens with zero attached hydrogens (tertiary/aromatic N) is 4. The van der Waals surface area contributed by atoms with Gasteiger partial charge in [0.25, 0.3) is 5.91 Å². The molecule has 2 aromatic carbocycles. The third-order valence-corrected chi connectivity index (χ3v) is 4.92. The minimum Gasteiger partial charge on any atom is -0.497 e. The number of hydrogen-bond acceptors (Lipinski definition) is 9. The van der Waals surface area contributed by atoms with Gasteiger partial charge in [-0.2, -0.15) is 10.2 Å². The minimum atomic E-state index is -0.583. The fourth-order valence-electron chi connectivity index (χ4n) is 3.21.